The quantitative estimate of drug-likeness (QED) is 0.506. The Morgan fingerprint density at radius 2 is 2.33 bits per heavy atom. The Morgan fingerprint density at radius 1 is 1.78 bits per heavy atom. The molecule has 0 aromatic carbocycles. The topological polar surface area (TPSA) is 26.3 Å². The summed E-state index contributed by atoms with van der Waals surface area (Å²) in [4.78, 5) is 10.5. The standard InChI is InChI=1S/C6H11BrO2/c1-3-5(2)9-6(8)4-7/h5H,3-4H2,1-2H3. The maximum atomic E-state index is 10.5. The van der Waals surface area contributed by atoms with Gasteiger partial charge in [0.05, 0.1) is 6.10 Å². The fraction of sp³-hybridized carbons (Fsp3) is 0.833. The summed E-state index contributed by atoms with van der Waals surface area (Å²) in [5, 5.41) is 0.289. The van der Waals surface area contributed by atoms with Crippen LogP contribution in [0.1, 0.15) is 20.3 Å². The Kier molecular flexibility index (Phi) is 4.77. The van der Waals surface area contributed by atoms with E-state index in [2.05, 4.69) is 15.9 Å². The van der Waals surface area contributed by atoms with Crippen LogP contribution in [-0.4, -0.2) is 17.4 Å². The van der Waals surface area contributed by atoms with E-state index in [1.165, 1.54) is 0 Å². The number of hydrogen-bond acceptors (Lipinski definition) is 2. The van der Waals surface area contributed by atoms with Crippen LogP contribution in [0.25, 0.3) is 0 Å². The van der Waals surface area contributed by atoms with Gasteiger partial charge in [-0.1, -0.05) is 22.9 Å². The molecule has 0 amide bonds. The van der Waals surface area contributed by atoms with Gasteiger partial charge in [-0.3, -0.25) is 4.79 Å². The van der Waals surface area contributed by atoms with Gasteiger partial charge in [0.25, 0.3) is 0 Å². The van der Waals surface area contributed by atoms with Crippen LogP contribution < -0.4 is 0 Å². The minimum absolute atomic E-state index is 0.0510. The van der Waals surface area contributed by atoms with Crippen molar-refractivity contribution < 1.29 is 9.53 Å². The van der Waals surface area contributed by atoms with E-state index < -0.39 is 0 Å². The van der Waals surface area contributed by atoms with Gasteiger partial charge in [0, 0.05) is 0 Å². The van der Waals surface area contributed by atoms with Crippen molar-refractivity contribution in [3.8, 4) is 0 Å². The molecule has 0 N–H and O–H groups in total. The van der Waals surface area contributed by atoms with E-state index in [0.717, 1.165) is 6.42 Å². The zero-order valence-corrected chi connectivity index (χ0v) is 7.27. The first-order valence-electron chi connectivity index (χ1n) is 2.96. The highest BCUT2D eigenvalue weighted by Gasteiger charge is 2.03. The van der Waals surface area contributed by atoms with Crippen LogP contribution >= 0.6 is 15.9 Å². The number of carbonyl (C=O) groups excluding carboxylic acids is 1. The lowest BCUT2D eigenvalue weighted by molar-refractivity contribution is -0.144. The second-order valence-electron chi connectivity index (χ2n) is 1.84. The monoisotopic (exact) mass is 194 g/mol. The summed E-state index contributed by atoms with van der Waals surface area (Å²) in [5.41, 5.74) is 0. The molecule has 0 bridgehead atoms. The van der Waals surface area contributed by atoms with Gasteiger partial charge in [-0.15, -0.1) is 0 Å². The van der Waals surface area contributed by atoms with Gasteiger partial charge in [0.15, 0.2) is 0 Å². The maximum absolute atomic E-state index is 10.5. The SMILES string of the molecule is CCC(C)OC(=O)CBr. The molecule has 1 atom stereocenters. The molecule has 0 aliphatic carbocycles. The lowest BCUT2D eigenvalue weighted by atomic mass is 10.3. The van der Waals surface area contributed by atoms with E-state index in [0.29, 0.717) is 0 Å². The molecule has 3 heteroatoms. The fourth-order valence-electron chi connectivity index (χ4n) is 0.339. The first-order chi connectivity index (χ1) is 4.20. The molecule has 0 fully saturated rings. The van der Waals surface area contributed by atoms with Gasteiger partial charge in [0.1, 0.15) is 5.33 Å². The first-order valence-corrected chi connectivity index (χ1v) is 4.08. The van der Waals surface area contributed by atoms with Gasteiger partial charge in [-0.2, -0.15) is 0 Å². The number of carbonyl (C=O) groups is 1. The molecule has 54 valence electrons. The molecule has 0 saturated carbocycles. The van der Waals surface area contributed by atoms with Gasteiger partial charge < -0.3 is 4.74 Å². The lowest BCUT2D eigenvalue weighted by Crippen LogP contribution is -2.14. The number of alkyl halides is 1. The third kappa shape index (κ3) is 4.45. The number of esters is 1. The number of halogens is 1. The molecule has 0 spiro atoms. The second kappa shape index (κ2) is 4.79. The second-order valence-corrected chi connectivity index (χ2v) is 2.40. The lowest BCUT2D eigenvalue weighted by Gasteiger charge is -2.07. The molecular weight excluding hydrogens is 184 g/mol. The van der Waals surface area contributed by atoms with Crippen molar-refractivity contribution in [2.45, 2.75) is 26.4 Å². The maximum Gasteiger partial charge on any atom is 0.316 e. The summed E-state index contributed by atoms with van der Waals surface area (Å²) in [6.07, 6.45) is 0.925. The molecule has 0 rings (SSSR count). The predicted molar refractivity (Wildman–Crippen MR) is 39.6 cm³/mol. The minimum atomic E-state index is -0.190. The molecule has 0 radical (unpaired) electrons. The number of hydrogen-bond donors (Lipinski definition) is 0. The van der Waals surface area contributed by atoms with Gasteiger partial charge in [-0.25, -0.2) is 0 Å². The molecule has 0 aliphatic heterocycles. The van der Waals surface area contributed by atoms with Crippen molar-refractivity contribution in [3.05, 3.63) is 0 Å². The summed E-state index contributed by atoms with van der Waals surface area (Å²) < 4.78 is 4.86. The highest BCUT2D eigenvalue weighted by Crippen LogP contribution is 1.97. The Balaban J connectivity index is 3.34. The minimum Gasteiger partial charge on any atom is -0.462 e. The third-order valence-electron chi connectivity index (χ3n) is 1.02. The van der Waals surface area contributed by atoms with E-state index in [9.17, 15) is 4.79 Å². The molecule has 0 saturated heterocycles. The van der Waals surface area contributed by atoms with Crippen LogP contribution in [0.15, 0.2) is 0 Å². The van der Waals surface area contributed by atoms with E-state index in [1.54, 1.807) is 0 Å². The van der Waals surface area contributed by atoms with E-state index in [1.807, 2.05) is 13.8 Å². The van der Waals surface area contributed by atoms with Crippen LogP contribution in [0.3, 0.4) is 0 Å². The summed E-state index contributed by atoms with van der Waals surface area (Å²) >= 11 is 3.00. The van der Waals surface area contributed by atoms with Crippen molar-refractivity contribution in [3.63, 3.8) is 0 Å². The smallest absolute Gasteiger partial charge is 0.316 e. The Bertz CT molecular complexity index is 93.1. The van der Waals surface area contributed by atoms with E-state index in [4.69, 9.17) is 4.74 Å². The van der Waals surface area contributed by atoms with Gasteiger partial charge in [0.2, 0.25) is 0 Å². The molecule has 1 unspecified atom stereocenters. The molecular formula is C6H11BrO2. The molecule has 0 heterocycles. The van der Waals surface area contributed by atoms with Crippen LogP contribution in [0.2, 0.25) is 0 Å². The molecule has 0 aromatic heterocycles. The van der Waals surface area contributed by atoms with Crippen molar-refractivity contribution in [2.24, 2.45) is 0 Å². The average Bonchev–Trinajstić information content (AvgIpc) is 1.87. The van der Waals surface area contributed by atoms with Crippen molar-refractivity contribution in [2.75, 3.05) is 5.33 Å². The van der Waals surface area contributed by atoms with Crippen molar-refractivity contribution >= 4 is 21.9 Å². The predicted octanol–water partition coefficient (Wildman–Crippen LogP) is 1.72. The Labute approximate surface area is 63.7 Å². The highest BCUT2D eigenvalue weighted by molar-refractivity contribution is 9.09. The summed E-state index contributed by atoms with van der Waals surface area (Å²) in [6.45, 7) is 3.85. The van der Waals surface area contributed by atoms with Crippen LogP contribution in [0, 0.1) is 0 Å². The number of rotatable bonds is 3. The largest absolute Gasteiger partial charge is 0.462 e. The summed E-state index contributed by atoms with van der Waals surface area (Å²) in [6, 6.07) is 0. The molecule has 9 heavy (non-hydrogen) atoms. The Morgan fingerprint density at radius 3 is 2.67 bits per heavy atom. The van der Waals surface area contributed by atoms with E-state index >= 15 is 0 Å². The van der Waals surface area contributed by atoms with E-state index in [-0.39, 0.29) is 17.4 Å². The fourth-order valence-corrected chi connectivity index (χ4v) is 0.471. The molecule has 0 aliphatic rings. The zero-order chi connectivity index (χ0) is 7.28. The molecule has 2 nitrogen and oxygen atoms in total. The third-order valence-corrected chi connectivity index (χ3v) is 1.47. The molecule has 0 aromatic rings. The summed E-state index contributed by atoms with van der Waals surface area (Å²) in [5.74, 6) is -0.190. The van der Waals surface area contributed by atoms with Crippen LogP contribution in [-0.2, 0) is 9.53 Å². The first kappa shape index (κ1) is 8.95. The van der Waals surface area contributed by atoms with Crippen molar-refractivity contribution in [1.29, 1.82) is 0 Å². The van der Waals surface area contributed by atoms with Crippen molar-refractivity contribution in [1.82, 2.24) is 0 Å². The average molecular weight is 195 g/mol. The normalized spacial score (nSPS) is 12.8. The van der Waals surface area contributed by atoms with Gasteiger partial charge >= 0.3 is 5.97 Å². The van der Waals surface area contributed by atoms with Crippen LogP contribution in [0.4, 0.5) is 0 Å². The zero-order valence-electron chi connectivity index (χ0n) is 5.69. The van der Waals surface area contributed by atoms with Gasteiger partial charge in [-0.05, 0) is 13.3 Å². The highest BCUT2D eigenvalue weighted by atomic mass is 79.9. The Hall–Kier alpha value is -0.0500. The number of ether oxygens (including phenoxy) is 1. The summed E-state index contributed by atoms with van der Waals surface area (Å²) in [7, 11) is 0. The van der Waals surface area contributed by atoms with Crippen LogP contribution in [0.5, 0.6) is 0 Å².